The fourth-order valence-corrected chi connectivity index (χ4v) is 1.23. The molecule has 0 spiro atoms. The van der Waals surface area contributed by atoms with Crippen molar-refractivity contribution in [2.75, 3.05) is 0 Å². The number of ether oxygens (including phenoxy) is 1. The van der Waals surface area contributed by atoms with E-state index in [1.807, 2.05) is 0 Å². The van der Waals surface area contributed by atoms with Crippen LogP contribution in [0.3, 0.4) is 0 Å². The topological polar surface area (TPSA) is 66.4 Å². The van der Waals surface area contributed by atoms with Crippen molar-refractivity contribution < 1.29 is 83.6 Å². The zero-order valence-corrected chi connectivity index (χ0v) is 12.0. The highest BCUT2D eigenvalue weighted by Crippen LogP contribution is 2.60. The van der Waals surface area contributed by atoms with Crippen LogP contribution >= 0.6 is 0 Å². The van der Waals surface area contributed by atoms with Gasteiger partial charge in [0, 0.05) is 0 Å². The van der Waals surface area contributed by atoms with Crippen LogP contribution in [-0.4, -0.2) is 54.4 Å². The van der Waals surface area contributed by atoms with E-state index in [2.05, 4.69) is 0 Å². The zero-order chi connectivity index (χ0) is 22.7. The molecule has 0 aliphatic heterocycles. The molecular weight excluding hydrogens is 465 g/mol. The van der Waals surface area contributed by atoms with Crippen molar-refractivity contribution in [3.8, 4) is 0 Å². The van der Waals surface area contributed by atoms with Crippen molar-refractivity contribution in [2.24, 2.45) is 0 Å². The molecule has 0 unspecified atom stereocenters. The second-order valence-corrected chi connectivity index (χ2v) is 5.72. The van der Waals surface area contributed by atoms with Gasteiger partial charge >= 0.3 is 41.4 Å². The van der Waals surface area contributed by atoms with Gasteiger partial charge in [-0.3, -0.25) is 0 Å². The monoisotopic (exact) mass is 465 g/mol. The van der Waals surface area contributed by atoms with Crippen molar-refractivity contribution in [2.45, 2.75) is 41.4 Å². The quantitative estimate of drug-likeness (QED) is 0.424. The number of alkyl halides is 15. The van der Waals surface area contributed by atoms with Crippen LogP contribution in [0.1, 0.15) is 0 Å². The van der Waals surface area contributed by atoms with Gasteiger partial charge in [0.05, 0.1) is 0 Å². The molecule has 0 aromatic carbocycles. The summed E-state index contributed by atoms with van der Waals surface area (Å²) in [4.78, 5) is 0. The molecule has 0 heterocycles. The Bertz CT molecular complexity index is 662. The first kappa shape index (κ1) is 25.8. The van der Waals surface area contributed by atoms with Gasteiger partial charge in [-0.2, -0.15) is 65.9 Å². The Labute approximate surface area is 136 Å². The Hall–Kier alpha value is -1.18. The lowest BCUT2D eigenvalue weighted by atomic mass is 9.97. The highest BCUT2D eigenvalue weighted by Gasteiger charge is 2.91. The lowest BCUT2D eigenvalue weighted by Gasteiger charge is -2.39. The van der Waals surface area contributed by atoms with Crippen LogP contribution in [0, 0.1) is 0 Å². The van der Waals surface area contributed by atoms with Crippen molar-refractivity contribution in [3.05, 3.63) is 0 Å². The molecule has 0 aromatic heterocycles. The average molecular weight is 465 g/mol. The minimum Gasteiger partial charge on any atom is -0.741 e. The van der Waals surface area contributed by atoms with E-state index in [1.54, 1.807) is 0 Å². The van der Waals surface area contributed by atoms with E-state index in [0.717, 1.165) is 0 Å². The van der Waals surface area contributed by atoms with Crippen molar-refractivity contribution in [1.82, 2.24) is 0 Å². The van der Waals surface area contributed by atoms with Crippen molar-refractivity contribution in [1.29, 1.82) is 0 Å². The summed E-state index contributed by atoms with van der Waals surface area (Å²) in [5.74, 6) is -33.3. The van der Waals surface area contributed by atoms with Crippen LogP contribution in [0.15, 0.2) is 0 Å². The van der Waals surface area contributed by atoms with Crippen molar-refractivity contribution >= 4 is 10.1 Å². The summed E-state index contributed by atoms with van der Waals surface area (Å²) in [7, 11) is -7.51. The average Bonchev–Trinajstić information content (AvgIpc) is 2.33. The number of rotatable bonds is 7. The number of halogens is 15. The molecule has 4 nitrogen and oxygen atoms in total. The van der Waals surface area contributed by atoms with E-state index in [0.29, 0.717) is 0 Å². The van der Waals surface area contributed by atoms with Gasteiger partial charge in [-0.15, -0.1) is 0 Å². The summed E-state index contributed by atoms with van der Waals surface area (Å²) in [6.07, 6.45) is -15.6. The molecule has 20 heteroatoms. The first-order valence-corrected chi connectivity index (χ1v) is 6.61. The van der Waals surface area contributed by atoms with Gasteiger partial charge in [0.1, 0.15) is 0 Å². The molecule has 0 bridgehead atoms. The SMILES string of the molecule is O=S(=O)([O-])C(F)(F)OC(F)(F)C(F)(F)C(F)(F)C(F)(F)C(F)(F)C(F)(F)F. The van der Waals surface area contributed by atoms with Gasteiger partial charge in [0.25, 0.3) is 0 Å². The molecule has 0 aliphatic carbocycles. The third kappa shape index (κ3) is 3.74. The van der Waals surface area contributed by atoms with Crippen LogP contribution in [0.25, 0.3) is 0 Å². The molecule has 27 heavy (non-hydrogen) atoms. The maximum absolute atomic E-state index is 12.9. The molecule has 0 rings (SSSR count). The maximum atomic E-state index is 12.9. The van der Waals surface area contributed by atoms with Gasteiger partial charge in [-0.25, -0.2) is 13.2 Å². The molecule has 164 valence electrons. The molecule has 0 fully saturated rings. The lowest BCUT2D eigenvalue weighted by Crippen LogP contribution is -2.71. The predicted molar refractivity (Wildman–Crippen MR) is 46.5 cm³/mol. The molecule has 0 aromatic rings. The highest BCUT2D eigenvalue weighted by atomic mass is 32.2. The first-order valence-electron chi connectivity index (χ1n) is 5.20. The fraction of sp³-hybridized carbons (Fsp3) is 1.00. The summed E-state index contributed by atoms with van der Waals surface area (Å²) >= 11 is 0. The molecule has 0 aliphatic rings. The minimum atomic E-state index is -8.48. The van der Waals surface area contributed by atoms with Crippen molar-refractivity contribution in [3.63, 3.8) is 0 Å². The van der Waals surface area contributed by atoms with E-state index in [-0.39, 0.29) is 0 Å². The summed E-state index contributed by atoms with van der Waals surface area (Å²) in [5.41, 5.74) is -7.02. The molecule has 0 saturated heterocycles. The van der Waals surface area contributed by atoms with Gasteiger partial charge in [0.2, 0.25) is 0 Å². The number of hydrogen-bond acceptors (Lipinski definition) is 4. The summed E-state index contributed by atoms with van der Waals surface area (Å²) < 4.78 is 218. The fourth-order valence-electron chi connectivity index (χ4n) is 1.02. The van der Waals surface area contributed by atoms with E-state index >= 15 is 0 Å². The number of hydrogen-bond donors (Lipinski definition) is 0. The first-order chi connectivity index (χ1) is 11.2. The van der Waals surface area contributed by atoms with Gasteiger partial charge < -0.3 is 4.55 Å². The highest BCUT2D eigenvalue weighted by molar-refractivity contribution is 7.86. The summed E-state index contributed by atoms with van der Waals surface area (Å²) in [6, 6.07) is 0. The molecule has 0 radical (unpaired) electrons. The largest absolute Gasteiger partial charge is 0.741 e. The van der Waals surface area contributed by atoms with Gasteiger partial charge in [0.15, 0.2) is 10.1 Å². The second kappa shape index (κ2) is 6.16. The van der Waals surface area contributed by atoms with E-state index in [9.17, 15) is 78.8 Å². The molecule has 0 amide bonds. The Morgan fingerprint density at radius 2 is 0.852 bits per heavy atom. The van der Waals surface area contributed by atoms with Gasteiger partial charge in [-0.05, 0) is 0 Å². The van der Waals surface area contributed by atoms with Crippen LogP contribution < -0.4 is 0 Å². The van der Waals surface area contributed by atoms with Crippen LogP contribution in [0.4, 0.5) is 65.9 Å². The Morgan fingerprint density at radius 3 is 1.11 bits per heavy atom. The minimum absolute atomic E-state index is 1.28. The predicted octanol–water partition coefficient (Wildman–Crippen LogP) is 3.79. The third-order valence-electron chi connectivity index (χ3n) is 2.44. The standard InChI is InChI=1S/C7HF15O4S/c8-1(9,3(12,13)5(16,17)18)2(10,11)4(14,15)6(19,20)26-7(21,22)27(23,24)25/h(H,23,24,25)/p-1. The Kier molecular flexibility index (Phi) is 5.89. The smallest absolute Gasteiger partial charge is 0.460 e. The maximum Gasteiger partial charge on any atom is 0.460 e. The van der Waals surface area contributed by atoms with Crippen LogP contribution in [0.5, 0.6) is 0 Å². The summed E-state index contributed by atoms with van der Waals surface area (Å²) in [6.45, 7) is 0. The lowest BCUT2D eigenvalue weighted by molar-refractivity contribution is -0.483. The van der Waals surface area contributed by atoms with Crippen LogP contribution in [-0.2, 0) is 14.9 Å². The summed E-state index contributed by atoms with van der Waals surface area (Å²) in [5, 5.41) is 0. The van der Waals surface area contributed by atoms with Crippen LogP contribution in [0.2, 0.25) is 0 Å². The second-order valence-electron chi connectivity index (χ2n) is 4.33. The molecule has 0 saturated carbocycles. The third-order valence-corrected chi connectivity index (χ3v) is 3.11. The van der Waals surface area contributed by atoms with E-state index in [4.69, 9.17) is 0 Å². The molecular formula is C7F15O4S-. The van der Waals surface area contributed by atoms with E-state index in [1.165, 1.54) is 4.74 Å². The zero-order valence-electron chi connectivity index (χ0n) is 11.2. The normalized spacial score (nSPS) is 16.6. The van der Waals surface area contributed by atoms with E-state index < -0.39 is 51.5 Å². The Morgan fingerprint density at radius 1 is 0.556 bits per heavy atom. The molecule has 0 atom stereocenters. The molecule has 0 N–H and O–H groups in total. The van der Waals surface area contributed by atoms with Gasteiger partial charge in [-0.1, -0.05) is 0 Å². The Balaban J connectivity index is 6.40.